The highest BCUT2D eigenvalue weighted by molar-refractivity contribution is 7.17. The lowest BCUT2D eigenvalue weighted by Gasteiger charge is -1.98. The van der Waals surface area contributed by atoms with E-state index < -0.39 is 0 Å². The van der Waals surface area contributed by atoms with E-state index in [2.05, 4.69) is 35.5 Å². The lowest BCUT2D eigenvalue weighted by molar-refractivity contribution is 0.0953. The van der Waals surface area contributed by atoms with E-state index >= 15 is 0 Å². The topological polar surface area (TPSA) is 106 Å². The number of hydrogen-bond acceptors (Lipinski definition) is 8. The van der Waals surface area contributed by atoms with Crippen LogP contribution in [0, 0.1) is 0 Å². The maximum Gasteiger partial charge on any atom is 0.282 e. The fourth-order valence-electron chi connectivity index (χ4n) is 1.20. The fraction of sp³-hybridized carbons (Fsp3) is 0.444. The van der Waals surface area contributed by atoms with Crippen LogP contribution >= 0.6 is 11.3 Å². The summed E-state index contributed by atoms with van der Waals surface area (Å²) >= 11 is 1.22. The number of rotatable bonds is 6. The SMILES string of the molecule is CCNc1nnc(C(=O)NCCc2ncon2)s1. The van der Waals surface area contributed by atoms with E-state index in [0.29, 0.717) is 28.9 Å². The minimum Gasteiger partial charge on any atom is -0.360 e. The first kappa shape index (κ1) is 12.4. The first-order chi connectivity index (χ1) is 8.79. The van der Waals surface area contributed by atoms with Gasteiger partial charge in [0.05, 0.1) is 0 Å². The third-order valence-electron chi connectivity index (χ3n) is 1.99. The maximum absolute atomic E-state index is 11.7. The van der Waals surface area contributed by atoms with Crippen molar-refractivity contribution >= 4 is 22.4 Å². The molecule has 0 saturated heterocycles. The molecule has 0 aliphatic rings. The summed E-state index contributed by atoms with van der Waals surface area (Å²) in [5, 5.41) is 18.0. The van der Waals surface area contributed by atoms with Crippen LogP contribution in [0.1, 0.15) is 22.6 Å². The fourth-order valence-corrected chi connectivity index (χ4v) is 1.93. The van der Waals surface area contributed by atoms with Crippen molar-refractivity contribution in [1.82, 2.24) is 25.7 Å². The van der Waals surface area contributed by atoms with Crippen molar-refractivity contribution in [2.45, 2.75) is 13.3 Å². The van der Waals surface area contributed by atoms with Crippen LogP contribution in [-0.4, -0.2) is 39.3 Å². The number of aromatic nitrogens is 4. The van der Waals surface area contributed by atoms with E-state index in [9.17, 15) is 4.79 Å². The van der Waals surface area contributed by atoms with Gasteiger partial charge in [-0.2, -0.15) is 4.98 Å². The van der Waals surface area contributed by atoms with Crippen LogP contribution in [0.5, 0.6) is 0 Å². The average molecular weight is 268 g/mol. The highest BCUT2D eigenvalue weighted by Gasteiger charge is 2.12. The molecule has 0 aliphatic heterocycles. The van der Waals surface area contributed by atoms with Gasteiger partial charge in [0.2, 0.25) is 16.5 Å². The van der Waals surface area contributed by atoms with Gasteiger partial charge in [0.25, 0.3) is 5.91 Å². The summed E-state index contributed by atoms with van der Waals surface area (Å²) in [6.07, 6.45) is 1.77. The summed E-state index contributed by atoms with van der Waals surface area (Å²) in [6, 6.07) is 0. The number of nitrogens with zero attached hydrogens (tertiary/aromatic N) is 4. The molecule has 2 rings (SSSR count). The molecule has 0 aromatic carbocycles. The Bertz CT molecular complexity index is 497. The van der Waals surface area contributed by atoms with E-state index in [0.717, 1.165) is 6.54 Å². The predicted molar refractivity (Wildman–Crippen MR) is 64.4 cm³/mol. The Morgan fingerprint density at radius 3 is 3.11 bits per heavy atom. The van der Waals surface area contributed by atoms with Crippen LogP contribution in [0.2, 0.25) is 0 Å². The van der Waals surface area contributed by atoms with Crippen molar-refractivity contribution in [2.75, 3.05) is 18.4 Å². The maximum atomic E-state index is 11.7. The van der Waals surface area contributed by atoms with E-state index in [1.54, 1.807) is 0 Å². The highest BCUT2D eigenvalue weighted by Crippen LogP contribution is 2.14. The van der Waals surface area contributed by atoms with Gasteiger partial charge in [-0.1, -0.05) is 16.5 Å². The van der Waals surface area contributed by atoms with Gasteiger partial charge in [0.15, 0.2) is 5.82 Å². The van der Waals surface area contributed by atoms with Gasteiger partial charge in [-0.05, 0) is 6.92 Å². The minimum absolute atomic E-state index is 0.250. The highest BCUT2D eigenvalue weighted by atomic mass is 32.1. The molecule has 0 spiro atoms. The zero-order valence-corrected chi connectivity index (χ0v) is 10.5. The number of carbonyl (C=O) groups excluding carboxylic acids is 1. The van der Waals surface area contributed by atoms with Crippen molar-refractivity contribution in [1.29, 1.82) is 0 Å². The van der Waals surface area contributed by atoms with E-state index in [4.69, 9.17) is 0 Å². The van der Waals surface area contributed by atoms with E-state index in [1.165, 1.54) is 17.7 Å². The molecular weight excluding hydrogens is 256 g/mol. The molecular formula is C9H12N6O2S. The Morgan fingerprint density at radius 2 is 2.39 bits per heavy atom. The number of amides is 1. The normalized spacial score (nSPS) is 10.3. The number of nitrogens with one attached hydrogen (secondary N) is 2. The standard InChI is InChI=1S/C9H12N6O2S/c1-2-10-9-14-13-8(18-9)7(16)11-4-3-6-12-5-17-15-6/h5H,2-4H2,1H3,(H,10,14)(H,11,16). The molecule has 0 saturated carbocycles. The second-order valence-corrected chi connectivity index (χ2v) is 4.27. The smallest absolute Gasteiger partial charge is 0.282 e. The van der Waals surface area contributed by atoms with Gasteiger partial charge in [-0.15, -0.1) is 10.2 Å². The molecule has 2 aromatic heterocycles. The molecule has 0 atom stereocenters. The van der Waals surface area contributed by atoms with Gasteiger partial charge >= 0.3 is 0 Å². The summed E-state index contributed by atoms with van der Waals surface area (Å²) in [5.74, 6) is 0.307. The molecule has 0 radical (unpaired) electrons. The lowest BCUT2D eigenvalue weighted by atomic mass is 10.4. The van der Waals surface area contributed by atoms with Crippen LogP contribution in [-0.2, 0) is 6.42 Å². The average Bonchev–Trinajstić information content (AvgIpc) is 3.00. The van der Waals surface area contributed by atoms with Crippen molar-refractivity contribution in [3.63, 3.8) is 0 Å². The second-order valence-electron chi connectivity index (χ2n) is 3.30. The largest absolute Gasteiger partial charge is 0.360 e. The Kier molecular flexibility index (Phi) is 4.18. The molecule has 2 N–H and O–H groups in total. The first-order valence-corrected chi connectivity index (χ1v) is 6.22. The number of anilines is 1. The molecule has 0 fully saturated rings. The molecule has 0 bridgehead atoms. The summed E-state index contributed by atoms with van der Waals surface area (Å²) in [7, 11) is 0. The Balaban J connectivity index is 1.80. The molecule has 2 aromatic rings. The molecule has 18 heavy (non-hydrogen) atoms. The van der Waals surface area contributed by atoms with Gasteiger partial charge in [-0.25, -0.2) is 0 Å². The van der Waals surface area contributed by atoms with E-state index in [-0.39, 0.29) is 5.91 Å². The third kappa shape index (κ3) is 3.23. The zero-order valence-electron chi connectivity index (χ0n) is 9.71. The van der Waals surface area contributed by atoms with Crippen LogP contribution in [0.15, 0.2) is 10.9 Å². The molecule has 0 aliphatic carbocycles. The summed E-state index contributed by atoms with van der Waals surface area (Å²) in [6.45, 7) is 3.12. The van der Waals surface area contributed by atoms with Crippen molar-refractivity contribution in [2.24, 2.45) is 0 Å². The molecule has 96 valence electrons. The lowest BCUT2D eigenvalue weighted by Crippen LogP contribution is -2.25. The van der Waals surface area contributed by atoms with Gasteiger partial charge in [0, 0.05) is 19.5 Å². The first-order valence-electron chi connectivity index (χ1n) is 5.40. The minimum atomic E-state index is -0.250. The Morgan fingerprint density at radius 1 is 1.50 bits per heavy atom. The number of hydrogen-bond donors (Lipinski definition) is 2. The molecule has 8 nitrogen and oxygen atoms in total. The Hall–Kier alpha value is -2.03. The zero-order chi connectivity index (χ0) is 12.8. The van der Waals surface area contributed by atoms with E-state index in [1.807, 2.05) is 6.92 Å². The second kappa shape index (κ2) is 6.05. The van der Waals surface area contributed by atoms with Crippen LogP contribution in [0.3, 0.4) is 0 Å². The van der Waals surface area contributed by atoms with Gasteiger partial charge in [0.1, 0.15) is 0 Å². The summed E-state index contributed by atoms with van der Waals surface area (Å²) in [5.41, 5.74) is 0. The summed E-state index contributed by atoms with van der Waals surface area (Å²) in [4.78, 5) is 15.5. The van der Waals surface area contributed by atoms with Crippen LogP contribution < -0.4 is 10.6 Å². The van der Waals surface area contributed by atoms with Gasteiger partial charge < -0.3 is 15.2 Å². The monoisotopic (exact) mass is 268 g/mol. The van der Waals surface area contributed by atoms with Crippen LogP contribution in [0.25, 0.3) is 0 Å². The van der Waals surface area contributed by atoms with Crippen molar-refractivity contribution < 1.29 is 9.32 Å². The third-order valence-corrected chi connectivity index (χ3v) is 2.87. The molecule has 0 unspecified atom stereocenters. The van der Waals surface area contributed by atoms with Crippen molar-refractivity contribution in [3.05, 3.63) is 17.2 Å². The number of carbonyl (C=O) groups is 1. The molecule has 2 heterocycles. The quantitative estimate of drug-likeness (QED) is 0.777. The van der Waals surface area contributed by atoms with Crippen LogP contribution in [0.4, 0.5) is 5.13 Å². The summed E-state index contributed by atoms with van der Waals surface area (Å²) < 4.78 is 4.58. The van der Waals surface area contributed by atoms with Crippen molar-refractivity contribution in [3.8, 4) is 0 Å². The predicted octanol–water partition coefficient (Wildman–Crippen LogP) is 0.325. The van der Waals surface area contributed by atoms with Gasteiger partial charge in [-0.3, -0.25) is 4.79 Å². The Labute approximate surface area is 107 Å². The molecule has 9 heteroatoms. The molecule has 1 amide bonds.